The normalized spacial score (nSPS) is 17.3. The molecule has 0 heterocycles. The van der Waals surface area contributed by atoms with Gasteiger partial charge in [-0.3, -0.25) is 5.32 Å². The Hall–Kier alpha value is -0.160. The van der Waals surface area contributed by atoms with E-state index < -0.39 is 6.23 Å². The second-order valence-corrected chi connectivity index (χ2v) is 1.87. The molecule has 4 heteroatoms. The molecule has 0 rings (SSSR count). The fourth-order valence-electron chi connectivity index (χ4n) is 0.518. The zero-order valence-corrected chi connectivity index (χ0v) is 5.76. The molecule has 0 saturated heterocycles. The molecule has 0 saturated carbocycles. The molecule has 0 radical (unpaired) electrons. The minimum Gasteiger partial charge on any atom is -0.393 e. The van der Waals surface area contributed by atoms with E-state index in [0.29, 0.717) is 0 Å². The Kier molecular flexibility index (Phi) is 4.61. The maximum Gasteiger partial charge on any atom is 0.103 e. The van der Waals surface area contributed by atoms with Crippen molar-refractivity contribution >= 4 is 0 Å². The largest absolute Gasteiger partial charge is 0.393 e. The molecule has 0 aliphatic rings. The minimum atomic E-state index is -0.588. The molecule has 0 aromatic rings. The molecule has 4 N–H and O–H groups in total. The lowest BCUT2D eigenvalue weighted by Crippen LogP contribution is -2.47. The summed E-state index contributed by atoms with van der Waals surface area (Å²) in [5, 5.41) is 22.7. The van der Waals surface area contributed by atoms with E-state index >= 15 is 0 Å². The van der Waals surface area contributed by atoms with Crippen LogP contribution in [0.25, 0.3) is 0 Å². The summed E-state index contributed by atoms with van der Waals surface area (Å²) in [5.41, 5.74) is 0. The van der Waals surface area contributed by atoms with Gasteiger partial charge in [-0.2, -0.15) is 0 Å². The summed E-state index contributed by atoms with van der Waals surface area (Å²) in [6.45, 7) is 1.57. The number of aliphatic hydroxyl groups excluding tert-OH is 2. The number of aliphatic hydroxyl groups is 2. The van der Waals surface area contributed by atoms with Gasteiger partial charge in [0, 0.05) is 0 Å². The van der Waals surface area contributed by atoms with Gasteiger partial charge in [-0.15, -0.1) is 0 Å². The molecule has 2 unspecified atom stereocenters. The molecule has 0 aromatic carbocycles. The van der Waals surface area contributed by atoms with Gasteiger partial charge in [0.1, 0.15) is 6.23 Å². The molecule has 0 fully saturated rings. The van der Waals surface area contributed by atoms with E-state index in [1.807, 2.05) is 0 Å². The molecular formula is C5H14N2O2. The Morgan fingerprint density at radius 2 is 2.11 bits per heavy atom. The van der Waals surface area contributed by atoms with Crippen molar-refractivity contribution in [3.8, 4) is 0 Å². The maximum absolute atomic E-state index is 8.72. The molecule has 4 nitrogen and oxygen atoms in total. The zero-order chi connectivity index (χ0) is 7.28. The van der Waals surface area contributed by atoms with E-state index in [2.05, 4.69) is 10.6 Å². The summed E-state index contributed by atoms with van der Waals surface area (Å²) in [5.74, 6) is 0. The van der Waals surface area contributed by atoms with Crippen LogP contribution in [0.3, 0.4) is 0 Å². The van der Waals surface area contributed by atoms with E-state index in [0.717, 1.165) is 0 Å². The lowest BCUT2D eigenvalue weighted by Gasteiger charge is -2.16. The van der Waals surface area contributed by atoms with Crippen molar-refractivity contribution in [3.05, 3.63) is 0 Å². The lowest BCUT2D eigenvalue weighted by atomic mass is 10.5. The van der Waals surface area contributed by atoms with Crippen molar-refractivity contribution < 1.29 is 10.2 Å². The maximum atomic E-state index is 8.72. The predicted octanol–water partition coefficient (Wildman–Crippen LogP) is -1.55. The summed E-state index contributed by atoms with van der Waals surface area (Å²) in [6.07, 6.45) is -0.806. The lowest BCUT2D eigenvalue weighted by molar-refractivity contribution is 0.111. The Labute approximate surface area is 54.9 Å². The van der Waals surface area contributed by atoms with Gasteiger partial charge in [-0.05, 0) is 14.0 Å². The third-order valence-corrected chi connectivity index (χ3v) is 0.973. The van der Waals surface area contributed by atoms with Crippen LogP contribution in [0.15, 0.2) is 0 Å². The van der Waals surface area contributed by atoms with Crippen LogP contribution in [0.1, 0.15) is 6.92 Å². The van der Waals surface area contributed by atoms with Crippen molar-refractivity contribution in [1.82, 2.24) is 10.6 Å². The van der Waals surface area contributed by atoms with Crippen LogP contribution in [0, 0.1) is 0 Å². The predicted molar refractivity (Wildman–Crippen MR) is 34.7 cm³/mol. The first kappa shape index (κ1) is 8.84. The third kappa shape index (κ3) is 4.35. The summed E-state index contributed by atoms with van der Waals surface area (Å²) in [6, 6.07) is 0. The average Bonchev–Trinajstić information content (AvgIpc) is 1.82. The number of likely N-dealkylation sites (N-methyl/N-ethyl adjacent to an activating group) is 1. The van der Waals surface area contributed by atoms with Gasteiger partial charge in [0.2, 0.25) is 0 Å². The van der Waals surface area contributed by atoms with Crippen LogP contribution in [-0.2, 0) is 0 Å². The first-order valence-electron chi connectivity index (χ1n) is 2.93. The van der Waals surface area contributed by atoms with Crippen molar-refractivity contribution in [2.45, 2.75) is 19.3 Å². The van der Waals surface area contributed by atoms with Crippen LogP contribution in [0.2, 0.25) is 0 Å². The molecule has 0 spiro atoms. The molecule has 0 aliphatic carbocycles. The highest BCUT2D eigenvalue weighted by Crippen LogP contribution is 1.76. The van der Waals surface area contributed by atoms with Gasteiger partial charge in [-0.1, -0.05) is 0 Å². The molecular weight excluding hydrogens is 120 g/mol. The Morgan fingerprint density at radius 3 is 2.22 bits per heavy atom. The van der Waals surface area contributed by atoms with Crippen LogP contribution in [0.4, 0.5) is 0 Å². The standard InChI is InChI=1S/C5H14N2O2/c1-4(9)7-5(3-8)6-2/h4-9H,3H2,1-2H3. The second-order valence-electron chi connectivity index (χ2n) is 1.87. The van der Waals surface area contributed by atoms with Crippen LogP contribution < -0.4 is 10.6 Å². The average molecular weight is 134 g/mol. The first-order valence-corrected chi connectivity index (χ1v) is 2.93. The summed E-state index contributed by atoms with van der Waals surface area (Å²) in [7, 11) is 1.70. The van der Waals surface area contributed by atoms with Crippen molar-refractivity contribution in [1.29, 1.82) is 0 Å². The summed E-state index contributed by atoms with van der Waals surface area (Å²) in [4.78, 5) is 0. The fourth-order valence-corrected chi connectivity index (χ4v) is 0.518. The summed E-state index contributed by atoms with van der Waals surface area (Å²) >= 11 is 0. The molecule has 0 aliphatic heterocycles. The quantitative estimate of drug-likeness (QED) is 0.352. The molecule has 9 heavy (non-hydrogen) atoms. The Morgan fingerprint density at radius 1 is 1.56 bits per heavy atom. The van der Waals surface area contributed by atoms with Crippen LogP contribution >= 0.6 is 0 Å². The van der Waals surface area contributed by atoms with Gasteiger partial charge in [0.25, 0.3) is 0 Å². The smallest absolute Gasteiger partial charge is 0.103 e. The van der Waals surface area contributed by atoms with Crippen molar-refractivity contribution in [2.75, 3.05) is 13.7 Å². The zero-order valence-electron chi connectivity index (χ0n) is 5.76. The molecule has 0 aromatic heterocycles. The highest BCUT2D eigenvalue weighted by atomic mass is 16.3. The van der Waals surface area contributed by atoms with E-state index in [4.69, 9.17) is 10.2 Å². The van der Waals surface area contributed by atoms with E-state index in [-0.39, 0.29) is 12.8 Å². The minimum absolute atomic E-state index is 0.0264. The van der Waals surface area contributed by atoms with E-state index in [1.54, 1.807) is 14.0 Å². The van der Waals surface area contributed by atoms with E-state index in [1.165, 1.54) is 0 Å². The van der Waals surface area contributed by atoms with Gasteiger partial charge in [-0.25, -0.2) is 0 Å². The van der Waals surface area contributed by atoms with E-state index in [9.17, 15) is 0 Å². The SMILES string of the molecule is CNC(CO)NC(C)O. The monoisotopic (exact) mass is 134 g/mol. The molecule has 2 atom stereocenters. The first-order chi connectivity index (χ1) is 4.20. The van der Waals surface area contributed by atoms with Gasteiger partial charge >= 0.3 is 0 Å². The fraction of sp³-hybridized carbons (Fsp3) is 1.00. The highest BCUT2D eigenvalue weighted by molar-refractivity contribution is 4.58. The number of hydrogen-bond donors (Lipinski definition) is 4. The van der Waals surface area contributed by atoms with Gasteiger partial charge in [0.15, 0.2) is 0 Å². The number of nitrogens with one attached hydrogen (secondary N) is 2. The van der Waals surface area contributed by atoms with Crippen molar-refractivity contribution in [3.63, 3.8) is 0 Å². The Bertz CT molecular complexity index is 64.0. The second kappa shape index (κ2) is 4.69. The van der Waals surface area contributed by atoms with Crippen LogP contribution in [0.5, 0.6) is 0 Å². The van der Waals surface area contributed by atoms with Crippen molar-refractivity contribution in [2.24, 2.45) is 0 Å². The van der Waals surface area contributed by atoms with Crippen LogP contribution in [-0.4, -0.2) is 36.3 Å². The number of rotatable bonds is 4. The number of hydrogen-bond acceptors (Lipinski definition) is 4. The highest BCUT2D eigenvalue weighted by Gasteiger charge is 2.03. The molecule has 0 bridgehead atoms. The Balaban J connectivity index is 3.31. The topological polar surface area (TPSA) is 64.5 Å². The third-order valence-electron chi connectivity index (χ3n) is 0.973. The molecule has 0 amide bonds. The summed E-state index contributed by atoms with van der Waals surface area (Å²) < 4.78 is 0. The molecule has 56 valence electrons. The van der Waals surface area contributed by atoms with Gasteiger partial charge < -0.3 is 15.5 Å². The van der Waals surface area contributed by atoms with Gasteiger partial charge in [0.05, 0.1) is 12.8 Å².